The smallest absolute Gasteiger partial charge is 0.337 e. The van der Waals surface area contributed by atoms with Crippen molar-refractivity contribution < 1.29 is 9.53 Å². The number of hydrogen-bond donors (Lipinski definition) is 2. The van der Waals surface area contributed by atoms with Crippen LogP contribution in [-0.4, -0.2) is 33.0 Å². The van der Waals surface area contributed by atoms with Crippen molar-refractivity contribution in [2.75, 3.05) is 7.11 Å². The van der Waals surface area contributed by atoms with E-state index in [0.29, 0.717) is 17.2 Å². The number of rotatable bonds is 2. The molecule has 0 saturated carbocycles. The average Bonchev–Trinajstić information content (AvgIpc) is 3.16. The molecule has 4 aromatic rings. The molecule has 2 aromatic heterocycles. The lowest BCUT2D eigenvalue weighted by atomic mass is 10.2. The maximum atomic E-state index is 11.6. The van der Waals surface area contributed by atoms with Gasteiger partial charge in [-0.2, -0.15) is 0 Å². The summed E-state index contributed by atoms with van der Waals surface area (Å²) >= 11 is 0. The van der Waals surface area contributed by atoms with Crippen LogP contribution in [0, 0.1) is 0 Å². The maximum Gasteiger partial charge on any atom is 0.337 e. The summed E-state index contributed by atoms with van der Waals surface area (Å²) in [5.74, 6) is 0.923. The minimum Gasteiger partial charge on any atom is -0.465 e. The molecule has 0 amide bonds. The van der Waals surface area contributed by atoms with E-state index in [-0.39, 0.29) is 5.97 Å². The summed E-state index contributed by atoms with van der Waals surface area (Å²) < 4.78 is 4.72. The highest BCUT2D eigenvalue weighted by Gasteiger charge is 2.12. The number of H-pyrrole nitrogens is 2. The van der Waals surface area contributed by atoms with Crippen molar-refractivity contribution in [2.24, 2.45) is 0 Å². The number of nitrogens with one attached hydrogen (secondary N) is 2. The first-order valence-corrected chi connectivity index (χ1v) is 6.78. The molecular weight excluding hydrogens is 280 g/mol. The molecule has 0 fully saturated rings. The molecule has 0 saturated heterocycles. The molecule has 108 valence electrons. The van der Waals surface area contributed by atoms with Crippen molar-refractivity contribution in [3.63, 3.8) is 0 Å². The van der Waals surface area contributed by atoms with Gasteiger partial charge in [-0.3, -0.25) is 0 Å². The number of aromatic nitrogens is 4. The number of esters is 1. The summed E-state index contributed by atoms with van der Waals surface area (Å²) in [7, 11) is 1.36. The second kappa shape index (κ2) is 4.70. The molecule has 0 bridgehead atoms. The fourth-order valence-electron chi connectivity index (χ4n) is 2.43. The summed E-state index contributed by atoms with van der Waals surface area (Å²) in [5.41, 5.74) is 3.85. The van der Waals surface area contributed by atoms with Crippen LogP contribution in [0.25, 0.3) is 33.7 Å². The van der Waals surface area contributed by atoms with Crippen molar-refractivity contribution in [3.8, 4) is 11.6 Å². The monoisotopic (exact) mass is 292 g/mol. The number of para-hydroxylation sites is 2. The highest BCUT2D eigenvalue weighted by atomic mass is 16.5. The average molecular weight is 292 g/mol. The third kappa shape index (κ3) is 1.93. The third-order valence-electron chi connectivity index (χ3n) is 3.52. The number of benzene rings is 2. The van der Waals surface area contributed by atoms with Crippen LogP contribution in [0.3, 0.4) is 0 Å². The molecule has 0 aliphatic heterocycles. The molecular formula is C16H12N4O2. The molecule has 2 aromatic carbocycles. The van der Waals surface area contributed by atoms with Crippen molar-refractivity contribution >= 4 is 28.0 Å². The molecule has 0 aliphatic rings. The second-order valence-corrected chi connectivity index (χ2v) is 4.91. The number of aromatic amines is 2. The largest absolute Gasteiger partial charge is 0.465 e. The first-order valence-electron chi connectivity index (χ1n) is 6.78. The van der Waals surface area contributed by atoms with Gasteiger partial charge in [-0.1, -0.05) is 12.1 Å². The topological polar surface area (TPSA) is 83.7 Å². The van der Waals surface area contributed by atoms with E-state index in [0.717, 1.165) is 22.1 Å². The van der Waals surface area contributed by atoms with Gasteiger partial charge in [0.2, 0.25) is 0 Å². The molecule has 0 radical (unpaired) electrons. The molecule has 0 atom stereocenters. The molecule has 6 nitrogen and oxygen atoms in total. The Hall–Kier alpha value is -3.15. The molecule has 6 heteroatoms. The van der Waals surface area contributed by atoms with E-state index in [1.165, 1.54) is 7.11 Å². The molecule has 0 spiro atoms. The quantitative estimate of drug-likeness (QED) is 0.556. The fraction of sp³-hybridized carbons (Fsp3) is 0.0625. The van der Waals surface area contributed by atoms with Gasteiger partial charge in [-0.05, 0) is 30.3 Å². The second-order valence-electron chi connectivity index (χ2n) is 4.91. The van der Waals surface area contributed by atoms with Gasteiger partial charge < -0.3 is 14.7 Å². The Morgan fingerprint density at radius 3 is 2.36 bits per heavy atom. The first-order chi connectivity index (χ1) is 10.7. The minimum absolute atomic E-state index is 0.373. The maximum absolute atomic E-state index is 11.6. The Bertz CT molecular complexity index is 967. The number of nitrogens with zero attached hydrogens (tertiary/aromatic N) is 2. The Kier molecular flexibility index (Phi) is 2.69. The van der Waals surface area contributed by atoms with Gasteiger partial charge in [0, 0.05) is 0 Å². The van der Waals surface area contributed by atoms with E-state index < -0.39 is 0 Å². The number of fused-ring (bicyclic) bond motifs is 2. The van der Waals surface area contributed by atoms with Crippen molar-refractivity contribution in [2.45, 2.75) is 0 Å². The zero-order chi connectivity index (χ0) is 15.1. The van der Waals surface area contributed by atoms with E-state index >= 15 is 0 Å². The number of hydrogen-bond acceptors (Lipinski definition) is 4. The Labute approximate surface area is 125 Å². The normalized spacial score (nSPS) is 11.1. The predicted molar refractivity (Wildman–Crippen MR) is 82.5 cm³/mol. The molecule has 2 N–H and O–H groups in total. The van der Waals surface area contributed by atoms with Gasteiger partial charge in [-0.25, -0.2) is 14.8 Å². The Morgan fingerprint density at radius 1 is 0.955 bits per heavy atom. The summed E-state index contributed by atoms with van der Waals surface area (Å²) in [5, 5.41) is 0. The van der Waals surface area contributed by atoms with Gasteiger partial charge in [0.25, 0.3) is 0 Å². The number of carbonyl (C=O) groups excluding carboxylic acids is 1. The number of imidazole rings is 2. The van der Waals surface area contributed by atoms with E-state index in [2.05, 4.69) is 19.9 Å². The van der Waals surface area contributed by atoms with Crippen LogP contribution in [-0.2, 0) is 4.74 Å². The van der Waals surface area contributed by atoms with Crippen molar-refractivity contribution in [1.82, 2.24) is 19.9 Å². The van der Waals surface area contributed by atoms with Gasteiger partial charge >= 0.3 is 5.97 Å². The minimum atomic E-state index is -0.373. The molecule has 22 heavy (non-hydrogen) atoms. The van der Waals surface area contributed by atoms with Crippen LogP contribution in [0.5, 0.6) is 0 Å². The van der Waals surface area contributed by atoms with Crippen molar-refractivity contribution in [3.05, 3.63) is 48.0 Å². The van der Waals surface area contributed by atoms with Crippen LogP contribution in [0.15, 0.2) is 42.5 Å². The van der Waals surface area contributed by atoms with E-state index in [9.17, 15) is 4.79 Å². The Morgan fingerprint density at radius 2 is 1.64 bits per heavy atom. The zero-order valence-corrected chi connectivity index (χ0v) is 11.8. The first kappa shape index (κ1) is 12.6. The zero-order valence-electron chi connectivity index (χ0n) is 11.8. The van der Waals surface area contributed by atoms with Gasteiger partial charge in [-0.15, -0.1) is 0 Å². The van der Waals surface area contributed by atoms with Crippen LogP contribution < -0.4 is 0 Å². The van der Waals surface area contributed by atoms with Gasteiger partial charge in [0.15, 0.2) is 11.6 Å². The number of ether oxygens (including phenoxy) is 1. The molecule has 4 rings (SSSR count). The standard InChI is InChI=1S/C16H12N4O2/c1-22-16(21)9-6-7-12-13(8-9)20-15(19-12)14-17-10-4-2-3-5-11(10)18-14/h2-8H,1H3,(H,17,18)(H,19,20). The van der Waals surface area contributed by atoms with Crippen LogP contribution >= 0.6 is 0 Å². The number of methoxy groups -OCH3 is 1. The summed E-state index contributed by atoms with van der Waals surface area (Å²) in [4.78, 5) is 27.0. The van der Waals surface area contributed by atoms with E-state index in [4.69, 9.17) is 4.74 Å². The predicted octanol–water partition coefficient (Wildman–Crippen LogP) is 2.89. The van der Waals surface area contributed by atoms with E-state index in [1.807, 2.05) is 24.3 Å². The molecule has 0 unspecified atom stereocenters. The summed E-state index contributed by atoms with van der Waals surface area (Å²) in [6.07, 6.45) is 0. The van der Waals surface area contributed by atoms with Gasteiger partial charge in [0.05, 0.1) is 34.7 Å². The van der Waals surface area contributed by atoms with E-state index in [1.54, 1.807) is 18.2 Å². The SMILES string of the molecule is COC(=O)c1ccc2nc(-c3nc4ccccc4[nH]3)[nH]c2c1. The van der Waals surface area contributed by atoms with Crippen LogP contribution in [0.1, 0.15) is 10.4 Å². The Balaban J connectivity index is 1.83. The molecule has 0 aliphatic carbocycles. The highest BCUT2D eigenvalue weighted by molar-refractivity contribution is 5.94. The number of carbonyl (C=O) groups is 1. The summed E-state index contributed by atoms with van der Waals surface area (Å²) in [6, 6.07) is 13.0. The molecule has 2 heterocycles. The van der Waals surface area contributed by atoms with Gasteiger partial charge in [0.1, 0.15) is 0 Å². The summed E-state index contributed by atoms with van der Waals surface area (Å²) in [6.45, 7) is 0. The highest BCUT2D eigenvalue weighted by Crippen LogP contribution is 2.22. The lowest BCUT2D eigenvalue weighted by Gasteiger charge is -1.97. The lowest BCUT2D eigenvalue weighted by molar-refractivity contribution is 0.0601. The van der Waals surface area contributed by atoms with Crippen molar-refractivity contribution in [1.29, 1.82) is 0 Å². The van der Waals surface area contributed by atoms with Crippen LogP contribution in [0.2, 0.25) is 0 Å². The fourth-order valence-corrected chi connectivity index (χ4v) is 2.43. The third-order valence-corrected chi connectivity index (χ3v) is 3.52. The van der Waals surface area contributed by atoms with Crippen LogP contribution in [0.4, 0.5) is 0 Å². The lowest BCUT2D eigenvalue weighted by Crippen LogP contribution is -2.00.